The standard InChI is InChI=1S/C57H65BN2O/c1-34-28-46-49-47(29-34)60(38-20-16-36(17-21-38)53(5,6)7)50-39-30-42-43(57(13)26-24-56(42,12)25-27-57)33-48(39)61-51(50)58(49)44-31-40-41(55(10,11)23-22-54(40,8)9)32-45(44)59(46)37-18-14-35(15-19-37)52(2,3)4/h14-21,28-33H,22-27H2,1-13H3. The minimum Gasteiger partial charge on any atom is -0.468 e. The van der Waals surface area contributed by atoms with Gasteiger partial charge in [0.25, 0.3) is 6.71 Å². The van der Waals surface area contributed by atoms with Gasteiger partial charge in [-0.3, -0.25) is 0 Å². The molecule has 4 aliphatic carbocycles. The number of hydrogen-bond acceptors (Lipinski definition) is 3. The Bertz CT molecular complexity index is 2810. The molecule has 2 bridgehead atoms. The van der Waals surface area contributed by atoms with E-state index >= 15 is 0 Å². The van der Waals surface area contributed by atoms with E-state index in [1.165, 1.54) is 122 Å². The topological polar surface area (TPSA) is 19.6 Å². The lowest BCUT2D eigenvalue weighted by Crippen LogP contribution is -2.61. The van der Waals surface area contributed by atoms with Crippen LogP contribution >= 0.6 is 0 Å². The Morgan fingerprint density at radius 3 is 1.52 bits per heavy atom. The van der Waals surface area contributed by atoms with E-state index in [-0.39, 0.29) is 39.2 Å². The van der Waals surface area contributed by atoms with Crippen LogP contribution in [-0.2, 0) is 32.5 Å². The molecular weight excluding hydrogens is 739 g/mol. The minimum absolute atomic E-state index is 0.0552. The van der Waals surface area contributed by atoms with Crippen LogP contribution in [0.3, 0.4) is 0 Å². The van der Waals surface area contributed by atoms with Gasteiger partial charge < -0.3 is 14.2 Å². The van der Waals surface area contributed by atoms with Crippen molar-refractivity contribution in [3.8, 4) is 0 Å². The van der Waals surface area contributed by atoms with Crippen molar-refractivity contribution in [3.63, 3.8) is 0 Å². The third-order valence-electron chi connectivity index (χ3n) is 16.7. The molecule has 5 aromatic carbocycles. The first-order chi connectivity index (χ1) is 28.6. The lowest BCUT2D eigenvalue weighted by atomic mass is 9.35. The largest absolute Gasteiger partial charge is 0.468 e. The molecule has 0 amide bonds. The molecule has 1 aromatic heterocycles. The summed E-state index contributed by atoms with van der Waals surface area (Å²) in [6.45, 7) is 31.0. The van der Waals surface area contributed by atoms with Gasteiger partial charge in [0.1, 0.15) is 5.58 Å². The second-order valence-corrected chi connectivity index (χ2v) is 24.0. The Morgan fingerprint density at radius 1 is 0.525 bits per heavy atom. The van der Waals surface area contributed by atoms with Gasteiger partial charge in [-0.15, -0.1) is 0 Å². The molecule has 1 fully saturated rings. The third kappa shape index (κ3) is 5.55. The van der Waals surface area contributed by atoms with Crippen molar-refractivity contribution in [1.29, 1.82) is 0 Å². The van der Waals surface area contributed by atoms with Crippen molar-refractivity contribution in [2.75, 3.05) is 9.80 Å². The Balaban J connectivity index is 1.25. The fraction of sp³-hybridized carbons (Fsp3) is 0.439. The number of aryl methyl sites for hydroxylation is 1. The molecule has 0 saturated heterocycles. The smallest absolute Gasteiger partial charge is 0.297 e. The summed E-state index contributed by atoms with van der Waals surface area (Å²) in [4.78, 5) is 5.19. The van der Waals surface area contributed by atoms with E-state index in [1.807, 2.05) is 0 Å². The number of nitrogens with zero attached hydrogens (tertiary/aromatic N) is 2. The van der Waals surface area contributed by atoms with Crippen molar-refractivity contribution in [3.05, 3.63) is 124 Å². The predicted octanol–water partition coefficient (Wildman–Crippen LogP) is 13.9. The molecule has 6 aliphatic rings. The van der Waals surface area contributed by atoms with Gasteiger partial charge in [-0.1, -0.05) is 113 Å². The molecule has 0 N–H and O–H groups in total. The van der Waals surface area contributed by atoms with Crippen molar-refractivity contribution < 1.29 is 4.42 Å². The molecule has 0 spiro atoms. The van der Waals surface area contributed by atoms with Gasteiger partial charge in [-0.25, -0.2) is 0 Å². The Hall–Kier alpha value is -4.70. The lowest BCUT2D eigenvalue weighted by molar-refractivity contribution is 0.188. The van der Waals surface area contributed by atoms with E-state index in [4.69, 9.17) is 4.42 Å². The van der Waals surface area contributed by atoms with Gasteiger partial charge in [0, 0.05) is 33.8 Å². The molecule has 3 nitrogen and oxygen atoms in total. The first kappa shape index (κ1) is 39.2. The van der Waals surface area contributed by atoms with Crippen LogP contribution in [0.4, 0.5) is 34.1 Å². The highest BCUT2D eigenvalue weighted by atomic mass is 16.3. The number of anilines is 6. The van der Waals surface area contributed by atoms with Crippen molar-refractivity contribution in [2.45, 2.75) is 161 Å². The van der Waals surface area contributed by atoms with E-state index in [0.717, 1.165) is 11.2 Å². The highest BCUT2D eigenvalue weighted by Gasteiger charge is 2.51. The second kappa shape index (κ2) is 12.3. The van der Waals surface area contributed by atoms with Gasteiger partial charge in [0.05, 0.1) is 11.3 Å². The zero-order valence-electron chi connectivity index (χ0n) is 39.2. The molecule has 1 saturated carbocycles. The van der Waals surface area contributed by atoms with Crippen molar-refractivity contribution in [2.24, 2.45) is 0 Å². The quantitative estimate of drug-likeness (QED) is 0.162. The van der Waals surface area contributed by atoms with Crippen LogP contribution in [0, 0.1) is 6.92 Å². The first-order valence-electron chi connectivity index (χ1n) is 23.3. The highest BCUT2D eigenvalue weighted by Crippen LogP contribution is 2.58. The van der Waals surface area contributed by atoms with E-state index in [2.05, 4.69) is 185 Å². The molecule has 4 heteroatoms. The average Bonchev–Trinajstić information content (AvgIpc) is 3.57. The maximum Gasteiger partial charge on any atom is 0.297 e. The number of furan rings is 1. The molecule has 12 rings (SSSR count). The monoisotopic (exact) mass is 805 g/mol. The molecule has 312 valence electrons. The molecule has 6 aromatic rings. The van der Waals surface area contributed by atoms with Crippen LogP contribution in [0.5, 0.6) is 0 Å². The van der Waals surface area contributed by atoms with Crippen LogP contribution in [-0.4, -0.2) is 6.71 Å². The fourth-order valence-electron chi connectivity index (χ4n) is 12.4. The SMILES string of the molecule is Cc1cc2c3c(c1)N(c1ccc(C(C)(C)C)cc1)c1c(oc4cc5c(cc14)C1(C)CCC5(C)CC1)B3c1cc3c(cc1N2c1ccc(C(C)(C)C)cc1)C(C)(C)CCC3(C)C. The zero-order chi connectivity index (χ0) is 43.0. The maximum absolute atomic E-state index is 7.58. The summed E-state index contributed by atoms with van der Waals surface area (Å²) in [6.07, 6.45) is 7.36. The number of hydrogen-bond donors (Lipinski definition) is 0. The predicted molar refractivity (Wildman–Crippen MR) is 261 cm³/mol. The maximum atomic E-state index is 7.58. The third-order valence-corrected chi connectivity index (χ3v) is 16.7. The molecule has 0 unspecified atom stereocenters. The summed E-state index contributed by atoms with van der Waals surface area (Å²) in [5.41, 5.74) is 22.8. The molecule has 0 radical (unpaired) electrons. The summed E-state index contributed by atoms with van der Waals surface area (Å²) in [5.74, 6) is 0. The lowest BCUT2D eigenvalue weighted by Gasteiger charge is -2.52. The van der Waals surface area contributed by atoms with Gasteiger partial charge in [-0.05, 0) is 182 Å². The normalized spacial score (nSPS) is 23.1. The van der Waals surface area contributed by atoms with Crippen LogP contribution < -0.4 is 26.4 Å². The van der Waals surface area contributed by atoms with Crippen molar-refractivity contribution >= 4 is 68.4 Å². The van der Waals surface area contributed by atoms with E-state index in [0.29, 0.717) is 0 Å². The van der Waals surface area contributed by atoms with E-state index in [1.54, 1.807) is 5.56 Å². The van der Waals surface area contributed by atoms with Gasteiger partial charge in [-0.2, -0.15) is 0 Å². The van der Waals surface area contributed by atoms with Crippen LogP contribution in [0.15, 0.2) is 89.3 Å². The fourth-order valence-corrected chi connectivity index (χ4v) is 12.4. The van der Waals surface area contributed by atoms with Crippen molar-refractivity contribution in [1.82, 2.24) is 0 Å². The molecule has 0 atom stereocenters. The first-order valence-corrected chi connectivity index (χ1v) is 23.3. The summed E-state index contributed by atoms with van der Waals surface area (Å²) in [6, 6.07) is 34.1. The van der Waals surface area contributed by atoms with Gasteiger partial charge >= 0.3 is 0 Å². The molecule has 3 heterocycles. The Morgan fingerprint density at radius 2 is 1.00 bits per heavy atom. The summed E-state index contributed by atoms with van der Waals surface area (Å²) in [5, 5.41) is 1.25. The van der Waals surface area contributed by atoms with Gasteiger partial charge in [0.15, 0.2) is 0 Å². The molecule has 61 heavy (non-hydrogen) atoms. The van der Waals surface area contributed by atoms with Crippen LogP contribution in [0.25, 0.3) is 11.0 Å². The molecular formula is C57H65BN2O. The Kier molecular flexibility index (Phi) is 7.88. The van der Waals surface area contributed by atoms with E-state index in [9.17, 15) is 0 Å². The summed E-state index contributed by atoms with van der Waals surface area (Å²) in [7, 11) is 0. The highest BCUT2D eigenvalue weighted by molar-refractivity contribution is 7.00. The summed E-state index contributed by atoms with van der Waals surface area (Å²) < 4.78 is 7.58. The Labute approximate surface area is 366 Å². The van der Waals surface area contributed by atoms with Crippen LogP contribution in [0.1, 0.15) is 161 Å². The second-order valence-electron chi connectivity index (χ2n) is 24.0. The zero-order valence-corrected chi connectivity index (χ0v) is 39.2. The van der Waals surface area contributed by atoms with Gasteiger partial charge in [0.2, 0.25) is 0 Å². The average molecular weight is 805 g/mol. The number of benzene rings is 5. The summed E-state index contributed by atoms with van der Waals surface area (Å²) >= 11 is 0. The minimum atomic E-state index is -0.0655. The molecule has 2 aliphatic heterocycles. The van der Waals surface area contributed by atoms with Crippen LogP contribution in [0.2, 0.25) is 0 Å². The van der Waals surface area contributed by atoms with E-state index < -0.39 is 0 Å². The number of rotatable bonds is 2. The number of fused-ring (bicyclic) bond motifs is 9.